The lowest BCUT2D eigenvalue weighted by molar-refractivity contribution is -0.371. The molecule has 4 aliphatic heterocycles. The Balaban J connectivity index is 1.18. The Bertz CT molecular complexity index is 2120. The smallest absolute Gasteiger partial charge is 0.239 e. The van der Waals surface area contributed by atoms with Gasteiger partial charge in [0.1, 0.15) is 95.7 Å². The fourth-order valence-electron chi connectivity index (χ4n) is 7.59. The van der Waals surface area contributed by atoms with Crippen molar-refractivity contribution in [2.75, 3.05) is 20.3 Å². The molecule has 7 rings (SSSR count). The molecule has 19 atom stereocenters. The number of aliphatic hydroxyl groups excluding tert-OH is 10. The van der Waals surface area contributed by atoms with E-state index in [1.54, 1.807) is 0 Å². The Hall–Kier alpha value is -4.03. The predicted molar refractivity (Wildman–Crippen MR) is 203 cm³/mol. The van der Waals surface area contributed by atoms with Gasteiger partial charge < -0.3 is 113 Å². The maximum Gasteiger partial charge on any atom is 0.239 e. The Labute approximate surface area is 355 Å². The average molecular weight is 903 g/mol. The van der Waals surface area contributed by atoms with E-state index < -0.39 is 153 Å². The third-order valence-electron chi connectivity index (χ3n) is 11.3. The van der Waals surface area contributed by atoms with Gasteiger partial charge in [0.25, 0.3) is 0 Å². The van der Waals surface area contributed by atoms with E-state index in [0.717, 1.165) is 31.4 Å². The van der Waals surface area contributed by atoms with Crippen molar-refractivity contribution < 1.29 is 113 Å². The number of fused-ring (bicyclic) bond motifs is 1. The van der Waals surface area contributed by atoms with E-state index in [1.165, 1.54) is 19.9 Å². The van der Waals surface area contributed by atoms with Crippen LogP contribution in [0, 0.1) is 0 Å². The second-order valence-electron chi connectivity index (χ2n) is 15.6. The van der Waals surface area contributed by atoms with Crippen LogP contribution >= 0.6 is 0 Å². The first-order valence-corrected chi connectivity index (χ1v) is 19.7. The summed E-state index contributed by atoms with van der Waals surface area (Å²) in [5.74, 6) is -2.66. The molecule has 4 saturated heterocycles. The van der Waals surface area contributed by atoms with Crippen LogP contribution in [-0.2, 0) is 33.2 Å². The lowest BCUT2D eigenvalue weighted by atomic mass is 9.97. The molecule has 0 aliphatic carbocycles. The minimum atomic E-state index is -2.01. The number of ether oxygens (including phenoxy) is 9. The molecule has 2 aromatic carbocycles. The highest BCUT2D eigenvalue weighted by atomic mass is 16.8. The molecule has 0 spiro atoms. The molecule has 350 valence electrons. The quantitative estimate of drug-likeness (QED) is 0.0814. The van der Waals surface area contributed by atoms with Crippen LogP contribution in [0.25, 0.3) is 22.3 Å². The van der Waals surface area contributed by atoms with Gasteiger partial charge in [0.2, 0.25) is 17.5 Å². The highest BCUT2D eigenvalue weighted by Gasteiger charge is 2.53. The number of benzene rings is 2. The molecule has 0 saturated carbocycles. The van der Waals surface area contributed by atoms with Crippen LogP contribution in [0.1, 0.15) is 13.8 Å². The van der Waals surface area contributed by atoms with E-state index >= 15 is 0 Å². The zero-order valence-electron chi connectivity index (χ0n) is 33.6. The van der Waals surface area contributed by atoms with Gasteiger partial charge in [0.15, 0.2) is 42.2 Å². The molecule has 63 heavy (non-hydrogen) atoms. The van der Waals surface area contributed by atoms with Crippen molar-refractivity contribution in [1.82, 2.24) is 0 Å². The van der Waals surface area contributed by atoms with Crippen LogP contribution in [0.4, 0.5) is 0 Å². The van der Waals surface area contributed by atoms with Gasteiger partial charge in [-0.25, -0.2) is 0 Å². The zero-order valence-corrected chi connectivity index (χ0v) is 33.6. The van der Waals surface area contributed by atoms with Crippen molar-refractivity contribution in [2.24, 2.45) is 0 Å². The number of aromatic hydroxyl groups is 3. The van der Waals surface area contributed by atoms with Gasteiger partial charge in [0.05, 0.1) is 32.5 Å². The van der Waals surface area contributed by atoms with Crippen molar-refractivity contribution in [3.8, 4) is 40.1 Å². The van der Waals surface area contributed by atoms with Crippen LogP contribution in [-0.4, -0.2) is 203 Å². The average Bonchev–Trinajstić information content (AvgIpc) is 3.24. The van der Waals surface area contributed by atoms with Gasteiger partial charge in [-0.05, 0) is 32.0 Å². The van der Waals surface area contributed by atoms with Gasteiger partial charge in [-0.3, -0.25) is 4.79 Å². The predicted octanol–water partition coefficient (Wildman–Crippen LogP) is -4.07. The summed E-state index contributed by atoms with van der Waals surface area (Å²) in [5.41, 5.74) is -1.09. The molecule has 4 aliphatic rings. The van der Waals surface area contributed by atoms with E-state index in [4.69, 9.17) is 47.0 Å². The van der Waals surface area contributed by atoms with Crippen molar-refractivity contribution in [3.05, 3.63) is 40.6 Å². The Morgan fingerprint density at radius 2 is 1.25 bits per heavy atom. The highest BCUT2D eigenvalue weighted by Crippen LogP contribution is 2.40. The summed E-state index contributed by atoms with van der Waals surface area (Å²) in [5, 5.41) is 137. The summed E-state index contributed by atoms with van der Waals surface area (Å²) in [7, 11) is 1.16. The molecule has 0 bridgehead atoms. The fourth-order valence-corrected chi connectivity index (χ4v) is 7.59. The molecule has 4 fully saturated rings. The van der Waals surface area contributed by atoms with Gasteiger partial charge in [-0.1, -0.05) is 0 Å². The van der Waals surface area contributed by atoms with Crippen molar-refractivity contribution in [3.63, 3.8) is 0 Å². The number of methoxy groups -OCH3 is 1. The van der Waals surface area contributed by atoms with Crippen LogP contribution in [0.3, 0.4) is 0 Å². The number of hydrogen-bond donors (Lipinski definition) is 13. The summed E-state index contributed by atoms with van der Waals surface area (Å²) in [6, 6.07) is 5.62. The highest BCUT2D eigenvalue weighted by molar-refractivity contribution is 5.88. The van der Waals surface area contributed by atoms with Gasteiger partial charge in [0, 0.05) is 17.7 Å². The number of phenolic OH excluding ortho intramolecular Hbond substituents is 3. The standard InChI is InChI=1S/C39H50O24/c1-11-22(44)27(49)31(53)37(57-11)63-34-28(50)23(45)12(2)58-38(34)56-10-20-25(47)29(51)35(62-36-30(52)24(46)18(43)9-55-36)39(61-20)59-14-7-17(42)21-19(8-14)60-32(33(54-3)26(21)48)13-4-5-15(40)16(41)6-13/h4-8,11-12,18,20,22-25,27-31,34-47,49-53H,9-10H2,1-3H3. The van der Waals surface area contributed by atoms with E-state index in [2.05, 4.69) is 0 Å². The summed E-state index contributed by atoms with van der Waals surface area (Å²) >= 11 is 0. The number of aliphatic hydroxyl groups is 10. The molecule has 0 amide bonds. The SMILES string of the molecule is COc1c(-c2ccc(O)c(O)c2)oc2cc(OC3OC(COC4OC(C)C(O)C(O)C4OC4OC(C)C(O)C(O)C4O)C(O)C(O)C3OC3OCC(O)C(O)C3O)cc(O)c2c1=O. The van der Waals surface area contributed by atoms with Crippen molar-refractivity contribution in [1.29, 1.82) is 0 Å². The van der Waals surface area contributed by atoms with E-state index in [-0.39, 0.29) is 33.8 Å². The zero-order chi connectivity index (χ0) is 45.8. The molecule has 13 N–H and O–H groups in total. The number of phenols is 3. The van der Waals surface area contributed by atoms with Gasteiger partial charge in [-0.2, -0.15) is 0 Å². The van der Waals surface area contributed by atoms with Gasteiger partial charge >= 0.3 is 0 Å². The second kappa shape index (κ2) is 18.8. The third-order valence-corrected chi connectivity index (χ3v) is 11.3. The first kappa shape index (κ1) is 46.9. The van der Waals surface area contributed by atoms with Crippen LogP contribution < -0.4 is 14.9 Å². The molecule has 5 heterocycles. The Morgan fingerprint density at radius 3 is 1.94 bits per heavy atom. The van der Waals surface area contributed by atoms with Crippen molar-refractivity contribution >= 4 is 11.0 Å². The molecule has 19 unspecified atom stereocenters. The summed E-state index contributed by atoms with van der Waals surface area (Å²) in [4.78, 5) is 13.6. The number of hydrogen-bond acceptors (Lipinski definition) is 24. The summed E-state index contributed by atoms with van der Waals surface area (Å²) in [6.45, 7) is 1.54. The normalized spacial score (nSPS) is 39.9. The second-order valence-corrected chi connectivity index (χ2v) is 15.6. The Kier molecular flexibility index (Phi) is 14.0. The summed E-state index contributed by atoms with van der Waals surface area (Å²) in [6.07, 6.45) is -31.6. The molecule has 3 aromatic rings. The first-order valence-electron chi connectivity index (χ1n) is 19.7. The Morgan fingerprint density at radius 1 is 0.635 bits per heavy atom. The van der Waals surface area contributed by atoms with Crippen LogP contribution in [0.5, 0.6) is 28.7 Å². The largest absolute Gasteiger partial charge is 0.507 e. The lowest BCUT2D eigenvalue weighted by Crippen LogP contribution is -2.65. The maximum atomic E-state index is 13.6. The maximum absolute atomic E-state index is 13.6. The minimum absolute atomic E-state index is 0.0775. The molecule has 24 nitrogen and oxygen atoms in total. The number of rotatable bonds is 11. The fraction of sp³-hybridized carbons (Fsp3) is 0.615. The third kappa shape index (κ3) is 9.14. The van der Waals surface area contributed by atoms with Crippen LogP contribution in [0.2, 0.25) is 0 Å². The first-order chi connectivity index (χ1) is 29.8. The van der Waals surface area contributed by atoms with Crippen LogP contribution in [0.15, 0.2) is 39.5 Å². The monoisotopic (exact) mass is 902 g/mol. The lowest BCUT2D eigenvalue weighted by Gasteiger charge is -2.47. The molecule has 0 radical (unpaired) electrons. The van der Waals surface area contributed by atoms with Crippen molar-refractivity contribution in [2.45, 2.75) is 131 Å². The molecular weight excluding hydrogens is 852 g/mol. The minimum Gasteiger partial charge on any atom is -0.507 e. The molecule has 24 heteroatoms. The topological polar surface area (TPSA) is 376 Å². The van der Waals surface area contributed by atoms with Gasteiger partial charge in [-0.15, -0.1) is 0 Å². The van der Waals surface area contributed by atoms with E-state index in [1.807, 2.05) is 0 Å². The van der Waals surface area contributed by atoms with E-state index in [0.29, 0.717) is 0 Å². The molecule has 1 aromatic heterocycles. The molecular formula is C39H50O24. The van der Waals surface area contributed by atoms with E-state index in [9.17, 15) is 71.2 Å². The summed E-state index contributed by atoms with van der Waals surface area (Å²) < 4.78 is 57.3.